The summed E-state index contributed by atoms with van der Waals surface area (Å²) in [5.74, 6) is -1.28. The summed E-state index contributed by atoms with van der Waals surface area (Å²) in [5, 5.41) is 41.2. The Labute approximate surface area is 392 Å². The van der Waals surface area contributed by atoms with Gasteiger partial charge in [-0.15, -0.1) is 0 Å². The van der Waals surface area contributed by atoms with E-state index in [1.165, 1.54) is 44.9 Å². The molecule has 7 unspecified atom stereocenters. The van der Waals surface area contributed by atoms with Crippen molar-refractivity contribution in [2.24, 2.45) is 0 Å². The highest BCUT2D eigenvalue weighted by molar-refractivity contribution is 7.47. The van der Waals surface area contributed by atoms with Crippen LogP contribution in [0.15, 0.2) is 48.6 Å². The van der Waals surface area contributed by atoms with Gasteiger partial charge < -0.3 is 49.3 Å². The van der Waals surface area contributed by atoms with Gasteiger partial charge in [0, 0.05) is 12.8 Å². The predicted molar refractivity (Wildman–Crippen MR) is 250 cm³/mol. The van der Waals surface area contributed by atoms with E-state index in [0.29, 0.717) is 31.5 Å². The Morgan fingerprint density at radius 1 is 0.561 bits per heavy atom. The predicted octanol–water partition coefficient (Wildman–Crippen LogP) is 8.27. The number of carbonyl (C=O) groups excluding carboxylic acids is 2. The van der Waals surface area contributed by atoms with Crippen LogP contribution < -0.4 is 0 Å². The molecule has 2 rings (SSSR count). The number of ether oxygens (including phenoxy) is 3. The van der Waals surface area contributed by atoms with Crippen molar-refractivity contribution in [1.29, 1.82) is 0 Å². The molecule has 0 bridgehead atoms. The Kier molecular flexibility index (Phi) is 31.9. The van der Waals surface area contributed by atoms with Crippen LogP contribution in [0.25, 0.3) is 0 Å². The van der Waals surface area contributed by atoms with Gasteiger partial charge in [-0.3, -0.25) is 23.2 Å². The lowest BCUT2D eigenvalue weighted by Gasteiger charge is -2.43. The summed E-state index contributed by atoms with van der Waals surface area (Å²) in [6.07, 6.45) is 25.3. The van der Waals surface area contributed by atoms with Crippen LogP contribution in [0.3, 0.4) is 0 Å². The summed E-state index contributed by atoms with van der Waals surface area (Å²) in [6.45, 7) is 3.01. The molecule has 0 amide bonds. The average molecular weight is 981 g/mol. The van der Waals surface area contributed by atoms with E-state index < -0.39 is 83.5 Å². The van der Waals surface area contributed by atoms with Gasteiger partial charge >= 0.3 is 27.6 Å². The van der Waals surface area contributed by atoms with Gasteiger partial charge in [0.05, 0.1) is 18.8 Å². The third kappa shape index (κ3) is 28.4. The van der Waals surface area contributed by atoms with E-state index in [1.54, 1.807) is 0 Å². The molecule has 10 atom stereocenters. The summed E-state index contributed by atoms with van der Waals surface area (Å²) in [6, 6.07) is 0. The minimum Gasteiger partial charge on any atom is -0.462 e. The van der Waals surface area contributed by atoms with Gasteiger partial charge in [-0.25, -0.2) is 9.13 Å². The van der Waals surface area contributed by atoms with Crippen molar-refractivity contribution < 1.29 is 81.6 Å². The molecule has 0 spiro atoms. The molecular formula is C47H82O17P2. The quantitative estimate of drug-likeness (QED) is 0.0100. The van der Waals surface area contributed by atoms with Gasteiger partial charge in [0.1, 0.15) is 43.2 Å². The molecule has 1 saturated heterocycles. The number of phosphoric ester groups is 2. The lowest BCUT2D eigenvalue weighted by atomic mass is 9.85. The lowest BCUT2D eigenvalue weighted by molar-refractivity contribution is -0.216. The number of esters is 2. The molecule has 19 heteroatoms. The molecule has 1 saturated carbocycles. The van der Waals surface area contributed by atoms with Crippen LogP contribution in [0, 0.1) is 0 Å². The van der Waals surface area contributed by atoms with Crippen molar-refractivity contribution in [2.45, 2.75) is 223 Å². The molecule has 382 valence electrons. The lowest BCUT2D eigenvalue weighted by Crippen LogP contribution is -2.64. The maximum Gasteiger partial charge on any atom is 0.472 e. The number of aliphatic hydroxyl groups excluding tert-OH is 4. The first-order valence-corrected chi connectivity index (χ1v) is 27.3. The Bertz CT molecular complexity index is 1530. The number of allylic oxidation sites excluding steroid dienone is 7. The zero-order chi connectivity index (χ0) is 48.6. The SMILES string of the molecule is CCCCCC/C=C\CCCCCCCCCC(=O)OC[C@H](COP(=O)(O)O[C@H]1C(O)C(O)C(O)[C@@H](OP(=O)(O)O)C1O)OC(=O)CCC/C=C\C/C=C\C/C=C\CC1OC1CCCCC. The van der Waals surface area contributed by atoms with Crippen molar-refractivity contribution in [3.05, 3.63) is 48.6 Å². The summed E-state index contributed by atoms with van der Waals surface area (Å²) in [4.78, 5) is 54.3. The van der Waals surface area contributed by atoms with Crippen molar-refractivity contribution in [3.63, 3.8) is 0 Å². The molecule has 0 aromatic heterocycles. The Hall–Kier alpha value is -2.08. The largest absolute Gasteiger partial charge is 0.472 e. The number of unbranched alkanes of at least 4 members (excludes halogenated alkanes) is 14. The number of phosphoric acid groups is 2. The molecule has 66 heavy (non-hydrogen) atoms. The third-order valence-corrected chi connectivity index (χ3v) is 12.8. The minimum atomic E-state index is -5.37. The maximum atomic E-state index is 13.0. The maximum absolute atomic E-state index is 13.0. The number of hydrogen-bond acceptors (Lipinski definition) is 14. The second-order valence-corrected chi connectivity index (χ2v) is 19.8. The first-order valence-electron chi connectivity index (χ1n) is 24.3. The summed E-state index contributed by atoms with van der Waals surface area (Å²) in [5.41, 5.74) is 0. The first-order chi connectivity index (χ1) is 31.6. The topological polar surface area (TPSA) is 269 Å². The highest BCUT2D eigenvalue weighted by Crippen LogP contribution is 2.49. The monoisotopic (exact) mass is 981 g/mol. The van der Waals surface area contributed by atoms with Gasteiger partial charge in [-0.05, 0) is 70.6 Å². The van der Waals surface area contributed by atoms with Crippen LogP contribution >= 0.6 is 15.6 Å². The van der Waals surface area contributed by atoms with E-state index >= 15 is 0 Å². The molecule has 2 fully saturated rings. The molecular weight excluding hydrogens is 898 g/mol. The second-order valence-electron chi connectivity index (χ2n) is 17.2. The van der Waals surface area contributed by atoms with Gasteiger partial charge in [0.25, 0.3) is 0 Å². The normalized spacial score (nSPS) is 25.0. The molecule has 1 heterocycles. The summed E-state index contributed by atoms with van der Waals surface area (Å²) < 4.78 is 55.1. The highest BCUT2D eigenvalue weighted by atomic mass is 31.2. The highest BCUT2D eigenvalue weighted by Gasteiger charge is 2.54. The fourth-order valence-electron chi connectivity index (χ4n) is 7.40. The van der Waals surface area contributed by atoms with Gasteiger partial charge in [0.2, 0.25) is 0 Å². The van der Waals surface area contributed by atoms with Crippen molar-refractivity contribution in [1.82, 2.24) is 0 Å². The summed E-state index contributed by atoms with van der Waals surface area (Å²) >= 11 is 0. The van der Waals surface area contributed by atoms with Gasteiger partial charge in [-0.1, -0.05) is 133 Å². The fraction of sp³-hybridized carbons (Fsp3) is 0.787. The number of aliphatic hydroxyl groups is 4. The third-order valence-electron chi connectivity index (χ3n) is 11.3. The Morgan fingerprint density at radius 2 is 1.08 bits per heavy atom. The van der Waals surface area contributed by atoms with Crippen LogP contribution in [0.1, 0.15) is 168 Å². The van der Waals surface area contributed by atoms with Crippen LogP contribution in [0.2, 0.25) is 0 Å². The van der Waals surface area contributed by atoms with E-state index in [9.17, 15) is 53.8 Å². The van der Waals surface area contributed by atoms with E-state index in [-0.39, 0.29) is 12.8 Å². The number of epoxide rings is 1. The molecule has 1 aliphatic heterocycles. The zero-order valence-corrected chi connectivity index (χ0v) is 41.1. The van der Waals surface area contributed by atoms with Gasteiger partial charge in [-0.2, -0.15) is 0 Å². The van der Waals surface area contributed by atoms with Crippen LogP contribution in [0.5, 0.6) is 0 Å². The van der Waals surface area contributed by atoms with Crippen molar-refractivity contribution in [2.75, 3.05) is 13.2 Å². The van der Waals surface area contributed by atoms with Crippen LogP contribution in [-0.2, 0) is 46.5 Å². The molecule has 1 aliphatic carbocycles. The smallest absolute Gasteiger partial charge is 0.462 e. The fourth-order valence-corrected chi connectivity index (χ4v) is 8.94. The molecule has 0 aromatic rings. The minimum absolute atomic E-state index is 0.0374. The molecule has 7 N–H and O–H groups in total. The van der Waals surface area contributed by atoms with E-state index in [4.69, 9.17) is 23.3 Å². The standard InChI is InChI=1S/C47H82O17P2/c1-3-5-7-8-9-10-11-12-13-14-15-19-22-25-29-33-40(48)59-35-37(36-60-66(57,58)64-47-44(52)42(50)43(51)46(45(47)53)63-65(54,55)56)61-41(49)34-30-26-23-20-17-16-18-21-24-28-32-39-38(62-39)31-27-6-4-2/h10-11,16,18,20,23-24,28,37-39,42-47,50-53H,3-9,12-15,17,19,21-22,25-27,29-36H2,1-2H3,(H,57,58)(H2,54,55,56)/b11-10-,18-16-,23-20-,28-24-/t37-,38?,39?,42?,43?,44?,45?,46-,47+/m1/s1. The van der Waals surface area contributed by atoms with Crippen molar-refractivity contribution in [3.8, 4) is 0 Å². The average Bonchev–Trinajstić information content (AvgIpc) is 4.03. The number of rotatable bonds is 39. The van der Waals surface area contributed by atoms with Crippen LogP contribution in [0.4, 0.5) is 0 Å². The van der Waals surface area contributed by atoms with E-state index in [1.807, 2.05) is 12.2 Å². The van der Waals surface area contributed by atoms with E-state index in [0.717, 1.165) is 77.0 Å². The molecule has 17 nitrogen and oxygen atoms in total. The summed E-state index contributed by atoms with van der Waals surface area (Å²) in [7, 11) is -10.7. The molecule has 0 radical (unpaired) electrons. The second kappa shape index (κ2) is 35.1. The Balaban J connectivity index is 1.81. The Morgan fingerprint density at radius 3 is 1.71 bits per heavy atom. The van der Waals surface area contributed by atoms with E-state index in [2.05, 4.69) is 54.8 Å². The van der Waals surface area contributed by atoms with Crippen LogP contribution in [-0.4, -0.2) is 115 Å². The van der Waals surface area contributed by atoms with Gasteiger partial charge in [0.15, 0.2) is 6.10 Å². The first kappa shape index (κ1) is 60.0. The molecule has 2 aliphatic rings. The van der Waals surface area contributed by atoms with Crippen molar-refractivity contribution >= 4 is 27.6 Å². The zero-order valence-electron chi connectivity index (χ0n) is 39.3. The molecule has 0 aromatic carbocycles. The number of carbonyl (C=O) groups is 2. The number of hydrogen-bond donors (Lipinski definition) is 7.